The van der Waals surface area contributed by atoms with Gasteiger partial charge in [0.05, 0.1) is 56.1 Å². The Balaban J connectivity index is 1.59. The molecule has 0 fully saturated rings. The minimum Gasteiger partial charge on any atom is -0.507 e. The van der Waals surface area contributed by atoms with Crippen LogP contribution >= 0.6 is 0 Å². The number of phenols is 4. The molecule has 5 heterocycles. The Morgan fingerprint density at radius 3 is 1.03 bits per heavy atom. The summed E-state index contributed by atoms with van der Waals surface area (Å²) in [4.78, 5) is 11.8. The van der Waals surface area contributed by atoms with Crippen molar-refractivity contribution in [2.75, 3.05) is 0 Å². The summed E-state index contributed by atoms with van der Waals surface area (Å²) in [5, 5.41) is 44.5. The largest absolute Gasteiger partial charge is 0.507 e. The average molecular weight is 873 g/mol. The number of halogens is 10. The lowest BCUT2D eigenvalue weighted by Crippen LogP contribution is -2.06. The van der Waals surface area contributed by atoms with E-state index in [-0.39, 0.29) is 55.7 Å². The van der Waals surface area contributed by atoms with E-state index in [0.29, 0.717) is 0 Å². The number of H-pyrrole nitrogens is 1. The summed E-state index contributed by atoms with van der Waals surface area (Å²) in [5.74, 6) is -25.5. The Labute approximate surface area is 345 Å². The number of aromatic hydroxyl groups is 4. The number of aryl methyl sites for hydroxylation is 1. The molecule has 9 rings (SSSR count). The highest BCUT2D eigenvalue weighted by atomic mass is 19.2. The quantitative estimate of drug-likeness (QED) is 0.0681. The first-order valence-electron chi connectivity index (χ1n) is 18.2. The van der Waals surface area contributed by atoms with Crippen LogP contribution in [-0.2, 0) is 7.05 Å². The Kier molecular flexibility index (Phi) is 9.34. The number of rotatable bonds is 4. The summed E-state index contributed by atoms with van der Waals surface area (Å²) in [6.07, 6.45) is 4.60. The maximum atomic E-state index is 16.0. The molecule has 5 N–H and O–H groups in total. The zero-order valence-electron chi connectivity index (χ0n) is 31.5. The number of nitrogens with zero attached hydrogens (tertiary/aromatic N) is 3. The van der Waals surface area contributed by atoms with Crippen LogP contribution in [0.25, 0.3) is 90.9 Å². The Hall–Kier alpha value is -8.02. The summed E-state index contributed by atoms with van der Waals surface area (Å²) >= 11 is 0. The second-order valence-electron chi connectivity index (χ2n) is 14.1. The van der Waals surface area contributed by atoms with Crippen LogP contribution in [0.4, 0.5) is 43.9 Å². The van der Waals surface area contributed by atoms with Crippen LogP contribution < -0.4 is 0 Å². The van der Waals surface area contributed by atoms with E-state index in [9.17, 15) is 38.0 Å². The zero-order chi connectivity index (χ0) is 44.9. The lowest BCUT2D eigenvalue weighted by molar-refractivity contribution is 0.381. The van der Waals surface area contributed by atoms with E-state index >= 15 is 26.3 Å². The van der Waals surface area contributed by atoms with Crippen LogP contribution in [0.2, 0.25) is 0 Å². The van der Waals surface area contributed by atoms with E-state index in [1.807, 2.05) is 0 Å². The summed E-state index contributed by atoms with van der Waals surface area (Å²) in [6.45, 7) is 0. The van der Waals surface area contributed by atoms with Crippen LogP contribution in [0.1, 0.15) is 22.8 Å². The lowest BCUT2D eigenvalue weighted by atomic mass is 10.0. The fourth-order valence-corrected chi connectivity index (χ4v) is 7.78. The van der Waals surface area contributed by atoms with Crippen molar-refractivity contribution in [1.29, 1.82) is 0 Å². The third kappa shape index (κ3) is 5.99. The van der Waals surface area contributed by atoms with Crippen molar-refractivity contribution >= 4 is 46.4 Å². The van der Waals surface area contributed by atoms with Gasteiger partial charge in [-0.3, -0.25) is 0 Å². The second kappa shape index (κ2) is 14.6. The number of phenolic OH excluding ortho intramolecular Hbond substituents is 4. The molecular formula is C45H22F10N4O4. The molecule has 316 valence electrons. The van der Waals surface area contributed by atoms with Gasteiger partial charge in [0.1, 0.15) is 23.0 Å². The van der Waals surface area contributed by atoms with E-state index in [1.165, 1.54) is 49.5 Å². The highest BCUT2D eigenvalue weighted by Crippen LogP contribution is 2.47. The molecule has 8 nitrogen and oxygen atoms in total. The van der Waals surface area contributed by atoms with Crippen molar-refractivity contribution in [3.63, 3.8) is 0 Å². The van der Waals surface area contributed by atoms with Gasteiger partial charge >= 0.3 is 0 Å². The second-order valence-corrected chi connectivity index (χ2v) is 14.1. The van der Waals surface area contributed by atoms with Crippen molar-refractivity contribution in [1.82, 2.24) is 19.5 Å². The van der Waals surface area contributed by atoms with E-state index < -0.39 is 115 Å². The van der Waals surface area contributed by atoms with Gasteiger partial charge in [-0.1, -0.05) is 12.1 Å². The molecular weight excluding hydrogens is 850 g/mol. The van der Waals surface area contributed by atoms with Crippen LogP contribution in [0, 0.1) is 58.2 Å². The van der Waals surface area contributed by atoms with E-state index in [1.54, 1.807) is 0 Å². The smallest absolute Gasteiger partial charge is 0.200 e. The van der Waals surface area contributed by atoms with E-state index in [0.717, 1.165) is 47.1 Å². The minimum atomic E-state index is -2.46. The molecule has 63 heavy (non-hydrogen) atoms. The van der Waals surface area contributed by atoms with Crippen molar-refractivity contribution in [3.05, 3.63) is 142 Å². The number of hydrogen-bond acceptors (Lipinski definition) is 6. The van der Waals surface area contributed by atoms with Crippen molar-refractivity contribution < 1.29 is 64.3 Å². The molecule has 18 heteroatoms. The number of hydrogen-bond donors (Lipinski definition) is 5. The molecule has 8 bridgehead atoms. The third-order valence-electron chi connectivity index (χ3n) is 10.6. The fraction of sp³-hybridized carbons (Fsp3) is 0.0222. The summed E-state index contributed by atoms with van der Waals surface area (Å²) in [5.41, 5.74) is -7.90. The molecule has 0 unspecified atom stereocenters. The van der Waals surface area contributed by atoms with Crippen LogP contribution in [0.3, 0.4) is 0 Å². The maximum Gasteiger partial charge on any atom is 0.200 e. The average Bonchev–Trinajstić information content (AvgIpc) is 4.10. The molecule has 0 saturated carbocycles. The highest BCUT2D eigenvalue weighted by Gasteiger charge is 2.33. The van der Waals surface area contributed by atoms with Gasteiger partial charge in [0, 0.05) is 40.3 Å². The Morgan fingerprint density at radius 2 is 0.651 bits per heavy atom. The van der Waals surface area contributed by atoms with Crippen LogP contribution in [0.5, 0.6) is 23.0 Å². The van der Waals surface area contributed by atoms with Gasteiger partial charge in [-0.05, 0) is 72.8 Å². The van der Waals surface area contributed by atoms with E-state index in [4.69, 9.17) is 0 Å². The molecule has 4 aromatic carbocycles. The van der Waals surface area contributed by atoms with Gasteiger partial charge < -0.3 is 30.0 Å². The molecule has 0 radical (unpaired) electrons. The molecule has 0 atom stereocenters. The first-order chi connectivity index (χ1) is 30.0. The molecule has 2 aliphatic rings. The van der Waals surface area contributed by atoms with Gasteiger partial charge in [-0.25, -0.2) is 53.9 Å². The standard InChI is InChI=1S/C45H22F10N4O4/c1-59-22-14-15-23(59)31(35-38(48)42(52)45(55)43(53)39(35)49)21-13-10-17(57-21)28(32-24(60)4-2-5-25(32)61)16-8-9-18(56-16)29(34-36(46)40(50)44(54)41(51)37(34)47)19-11-12-20(58-19)30(22)33-26(62)6-3-7-27(33)63/h2-15,56,60-63H,1H3. The lowest BCUT2D eigenvalue weighted by Gasteiger charge is -2.13. The topological polar surface area (TPSA) is 127 Å². The van der Waals surface area contributed by atoms with Crippen LogP contribution in [0.15, 0.2) is 60.7 Å². The molecule has 7 aromatic rings. The van der Waals surface area contributed by atoms with Gasteiger partial charge in [-0.2, -0.15) is 0 Å². The van der Waals surface area contributed by atoms with Gasteiger partial charge in [-0.15, -0.1) is 0 Å². The maximum absolute atomic E-state index is 16.0. The predicted octanol–water partition coefficient (Wildman–Crippen LogP) is 11.5. The molecule has 0 saturated heterocycles. The van der Waals surface area contributed by atoms with Crippen molar-refractivity contribution in [3.8, 4) is 67.5 Å². The SMILES string of the molecule is Cn1c2ccc1c(-c1c(F)c(F)c(F)c(F)c1F)c1nc(c(-c3c(O)cccc3O)c3ccc([nH]3)c(-c3c(F)c(F)c(F)c(F)c3F)c3nc(c2-c2c(O)cccc2O)C=C3)C=C1. The molecule has 0 amide bonds. The molecule has 0 aliphatic carbocycles. The first kappa shape index (κ1) is 40.4. The first-order valence-corrected chi connectivity index (χ1v) is 18.2. The Morgan fingerprint density at radius 1 is 0.365 bits per heavy atom. The molecule has 0 spiro atoms. The number of aromatic nitrogens is 4. The third-order valence-corrected chi connectivity index (χ3v) is 10.6. The number of fused-ring (bicyclic) bond motifs is 8. The summed E-state index contributed by atoms with van der Waals surface area (Å²) < 4.78 is 154. The monoisotopic (exact) mass is 872 g/mol. The number of nitrogens with one attached hydrogen (secondary N) is 1. The Bertz CT molecular complexity index is 3330. The highest BCUT2D eigenvalue weighted by molar-refractivity contribution is 6.02. The normalized spacial score (nSPS) is 12.2. The van der Waals surface area contributed by atoms with Gasteiger partial charge in [0.25, 0.3) is 0 Å². The fourth-order valence-electron chi connectivity index (χ4n) is 7.78. The summed E-state index contributed by atoms with van der Waals surface area (Å²) in [7, 11) is 1.27. The van der Waals surface area contributed by atoms with Crippen molar-refractivity contribution in [2.45, 2.75) is 0 Å². The predicted molar refractivity (Wildman–Crippen MR) is 211 cm³/mol. The zero-order valence-corrected chi connectivity index (χ0v) is 31.5. The molecule has 2 aliphatic heterocycles. The number of aromatic amines is 1. The van der Waals surface area contributed by atoms with Crippen molar-refractivity contribution in [2.24, 2.45) is 7.05 Å². The molecule has 3 aromatic heterocycles. The van der Waals surface area contributed by atoms with E-state index in [2.05, 4.69) is 15.0 Å². The van der Waals surface area contributed by atoms with Gasteiger partial charge in [0.15, 0.2) is 46.5 Å². The van der Waals surface area contributed by atoms with Gasteiger partial charge in [0.2, 0.25) is 11.6 Å². The number of benzene rings is 4. The summed E-state index contributed by atoms with van der Waals surface area (Å²) in [6, 6.07) is 11.9. The van der Waals surface area contributed by atoms with Crippen LogP contribution in [-0.4, -0.2) is 39.9 Å². The minimum absolute atomic E-state index is 0.0991.